The van der Waals surface area contributed by atoms with Crippen molar-refractivity contribution in [3.05, 3.63) is 41.5 Å². The van der Waals surface area contributed by atoms with Gasteiger partial charge in [0.05, 0.1) is 19.8 Å². The molecular weight excluding hydrogens is 244 g/mol. The van der Waals surface area contributed by atoms with Crippen molar-refractivity contribution < 1.29 is 19.1 Å². The van der Waals surface area contributed by atoms with Crippen LogP contribution >= 0.6 is 0 Å². The summed E-state index contributed by atoms with van der Waals surface area (Å²) in [6.45, 7) is 1.62. The van der Waals surface area contributed by atoms with Crippen LogP contribution in [0, 0.1) is 0 Å². The molecule has 1 aromatic rings. The third-order valence-electron chi connectivity index (χ3n) is 2.97. The number of methoxy groups -OCH3 is 2. The molecule has 0 saturated carbocycles. The summed E-state index contributed by atoms with van der Waals surface area (Å²) in [7, 11) is 3.02. The van der Waals surface area contributed by atoms with Gasteiger partial charge in [0.25, 0.3) is 0 Å². The van der Waals surface area contributed by atoms with E-state index in [0.717, 1.165) is 0 Å². The summed E-state index contributed by atoms with van der Waals surface area (Å²) < 4.78 is 10.5. The Labute approximate surface area is 111 Å². The van der Waals surface area contributed by atoms with Gasteiger partial charge in [-0.05, 0) is 31.2 Å². The highest BCUT2D eigenvalue weighted by atomic mass is 16.5. The Balaban J connectivity index is 2.62. The summed E-state index contributed by atoms with van der Waals surface area (Å²) in [5, 5.41) is 0. The number of allylic oxidation sites excluding steroid dienone is 4. The van der Waals surface area contributed by atoms with Gasteiger partial charge in [-0.1, -0.05) is 6.07 Å². The zero-order valence-corrected chi connectivity index (χ0v) is 11.0. The van der Waals surface area contributed by atoms with E-state index in [1.54, 1.807) is 25.1 Å². The zero-order chi connectivity index (χ0) is 14.0. The van der Waals surface area contributed by atoms with Crippen LogP contribution in [-0.4, -0.2) is 25.8 Å². The number of hydrogen-bond donors (Lipinski definition) is 0. The lowest BCUT2D eigenvalue weighted by molar-refractivity contribution is -0.114. The van der Waals surface area contributed by atoms with Crippen LogP contribution in [0.2, 0.25) is 0 Å². The predicted molar refractivity (Wildman–Crippen MR) is 71.3 cm³/mol. The second-order valence-electron chi connectivity index (χ2n) is 4.15. The Bertz CT molecular complexity index is 586. The molecule has 0 radical (unpaired) electrons. The molecule has 1 aromatic carbocycles. The van der Waals surface area contributed by atoms with Gasteiger partial charge >= 0.3 is 0 Å². The molecule has 1 aliphatic carbocycles. The summed E-state index contributed by atoms with van der Waals surface area (Å²) in [5.41, 5.74) is 1.24. The Morgan fingerprint density at radius 1 is 0.895 bits per heavy atom. The molecule has 0 unspecified atom stereocenters. The number of ether oxygens (including phenoxy) is 2. The van der Waals surface area contributed by atoms with E-state index < -0.39 is 0 Å². The Kier molecular flexibility index (Phi) is 3.51. The first-order valence-electron chi connectivity index (χ1n) is 5.78. The summed E-state index contributed by atoms with van der Waals surface area (Å²) >= 11 is 0. The van der Waals surface area contributed by atoms with Gasteiger partial charge in [-0.15, -0.1) is 0 Å². The molecule has 0 heterocycles. The molecule has 4 heteroatoms. The summed E-state index contributed by atoms with van der Waals surface area (Å²) in [6, 6.07) is 5.21. The largest absolute Gasteiger partial charge is 0.496 e. The fraction of sp³-hybridized carbons (Fsp3) is 0.200. The highest BCUT2D eigenvalue weighted by Crippen LogP contribution is 2.36. The number of rotatable bonds is 3. The SMILES string of the molecule is COc1cccc(OC)c1C1=CC(=O)C(C)=CC1=O. The van der Waals surface area contributed by atoms with Crippen molar-refractivity contribution in [2.45, 2.75) is 6.92 Å². The highest BCUT2D eigenvalue weighted by Gasteiger charge is 2.24. The molecule has 0 fully saturated rings. The molecule has 0 spiro atoms. The molecular formula is C15H14O4. The van der Waals surface area contributed by atoms with Crippen LogP contribution in [-0.2, 0) is 9.59 Å². The average molecular weight is 258 g/mol. The minimum atomic E-state index is -0.222. The van der Waals surface area contributed by atoms with Gasteiger partial charge < -0.3 is 9.47 Å². The molecule has 0 atom stereocenters. The molecule has 0 amide bonds. The molecule has 0 N–H and O–H groups in total. The second-order valence-corrected chi connectivity index (χ2v) is 4.15. The van der Waals surface area contributed by atoms with Crippen LogP contribution < -0.4 is 9.47 Å². The van der Waals surface area contributed by atoms with Gasteiger partial charge in [0.2, 0.25) is 0 Å². The first kappa shape index (κ1) is 13.1. The maximum atomic E-state index is 12.1. The van der Waals surface area contributed by atoms with E-state index in [0.29, 0.717) is 28.2 Å². The van der Waals surface area contributed by atoms with Gasteiger partial charge in [-0.25, -0.2) is 0 Å². The van der Waals surface area contributed by atoms with Crippen molar-refractivity contribution in [1.82, 2.24) is 0 Å². The molecule has 2 rings (SSSR count). The standard InChI is InChI=1S/C15H14O4/c1-9-7-12(17)10(8-11(9)16)15-13(18-2)5-4-6-14(15)19-3/h4-8H,1-3H3. The molecule has 0 bridgehead atoms. The van der Waals surface area contributed by atoms with Gasteiger partial charge in [-0.3, -0.25) is 9.59 Å². The lowest BCUT2D eigenvalue weighted by Gasteiger charge is -2.16. The van der Waals surface area contributed by atoms with Crippen LogP contribution in [0.25, 0.3) is 5.57 Å². The van der Waals surface area contributed by atoms with E-state index in [9.17, 15) is 9.59 Å². The van der Waals surface area contributed by atoms with Gasteiger partial charge in [-0.2, -0.15) is 0 Å². The first-order chi connectivity index (χ1) is 9.08. The first-order valence-corrected chi connectivity index (χ1v) is 5.78. The van der Waals surface area contributed by atoms with Crippen LogP contribution in [0.4, 0.5) is 0 Å². The average Bonchev–Trinajstić information content (AvgIpc) is 2.42. The molecule has 98 valence electrons. The minimum Gasteiger partial charge on any atom is -0.496 e. The molecule has 4 nitrogen and oxygen atoms in total. The molecule has 0 aromatic heterocycles. The number of carbonyl (C=O) groups excluding carboxylic acids is 2. The number of carbonyl (C=O) groups is 2. The maximum Gasteiger partial charge on any atom is 0.187 e. The monoisotopic (exact) mass is 258 g/mol. The van der Waals surface area contributed by atoms with E-state index >= 15 is 0 Å². The number of benzene rings is 1. The van der Waals surface area contributed by atoms with Crippen molar-refractivity contribution in [2.75, 3.05) is 14.2 Å². The number of hydrogen-bond acceptors (Lipinski definition) is 4. The van der Waals surface area contributed by atoms with Crippen molar-refractivity contribution in [1.29, 1.82) is 0 Å². The number of ketones is 2. The molecule has 19 heavy (non-hydrogen) atoms. The normalized spacial score (nSPS) is 14.9. The smallest absolute Gasteiger partial charge is 0.187 e. The van der Waals surface area contributed by atoms with E-state index in [1.165, 1.54) is 26.4 Å². The lowest BCUT2D eigenvalue weighted by Crippen LogP contribution is -2.12. The Morgan fingerprint density at radius 3 is 2.00 bits per heavy atom. The fourth-order valence-corrected chi connectivity index (χ4v) is 1.97. The molecule has 0 saturated heterocycles. The van der Waals surface area contributed by atoms with Gasteiger partial charge in [0, 0.05) is 11.1 Å². The summed E-state index contributed by atoms with van der Waals surface area (Å²) in [4.78, 5) is 23.8. The summed E-state index contributed by atoms with van der Waals surface area (Å²) in [6.07, 6.45) is 2.67. The highest BCUT2D eigenvalue weighted by molar-refractivity contribution is 6.35. The molecule has 0 aliphatic heterocycles. The van der Waals surface area contributed by atoms with E-state index in [1.807, 2.05) is 0 Å². The minimum absolute atomic E-state index is 0.178. The Hall–Kier alpha value is -2.36. The maximum absolute atomic E-state index is 12.1. The van der Waals surface area contributed by atoms with Crippen molar-refractivity contribution in [2.24, 2.45) is 0 Å². The van der Waals surface area contributed by atoms with Gasteiger partial charge in [0.1, 0.15) is 11.5 Å². The fourth-order valence-electron chi connectivity index (χ4n) is 1.97. The van der Waals surface area contributed by atoms with Crippen LogP contribution in [0.15, 0.2) is 35.9 Å². The Morgan fingerprint density at radius 2 is 1.47 bits per heavy atom. The van der Waals surface area contributed by atoms with E-state index in [2.05, 4.69) is 0 Å². The third kappa shape index (κ3) is 2.29. The van der Waals surface area contributed by atoms with E-state index in [-0.39, 0.29) is 11.6 Å². The van der Waals surface area contributed by atoms with E-state index in [4.69, 9.17) is 9.47 Å². The third-order valence-corrected chi connectivity index (χ3v) is 2.97. The second kappa shape index (κ2) is 5.10. The molecule has 1 aliphatic rings. The van der Waals surface area contributed by atoms with Gasteiger partial charge in [0.15, 0.2) is 11.6 Å². The van der Waals surface area contributed by atoms with Crippen LogP contribution in [0.3, 0.4) is 0 Å². The van der Waals surface area contributed by atoms with Crippen molar-refractivity contribution in [3.63, 3.8) is 0 Å². The zero-order valence-electron chi connectivity index (χ0n) is 11.0. The van der Waals surface area contributed by atoms with Crippen molar-refractivity contribution in [3.8, 4) is 11.5 Å². The predicted octanol–water partition coefficient (Wildman–Crippen LogP) is 2.19. The quantitative estimate of drug-likeness (QED) is 0.780. The summed E-state index contributed by atoms with van der Waals surface area (Å²) in [5.74, 6) is 0.599. The van der Waals surface area contributed by atoms with Crippen LogP contribution in [0.1, 0.15) is 12.5 Å². The lowest BCUT2D eigenvalue weighted by atomic mass is 9.92. The van der Waals surface area contributed by atoms with Crippen LogP contribution in [0.5, 0.6) is 11.5 Å². The topological polar surface area (TPSA) is 52.6 Å². The van der Waals surface area contributed by atoms with Crippen molar-refractivity contribution >= 4 is 17.1 Å².